The number of benzene rings is 3. The summed E-state index contributed by atoms with van der Waals surface area (Å²) in [5, 5.41) is 6.47. The van der Waals surface area contributed by atoms with Gasteiger partial charge in [-0.25, -0.2) is 0 Å². The molecule has 27 heavy (non-hydrogen) atoms. The molecule has 0 fully saturated rings. The maximum absolute atomic E-state index is 12.6. The summed E-state index contributed by atoms with van der Waals surface area (Å²) in [4.78, 5) is 24.9. The highest BCUT2D eigenvalue weighted by Gasteiger charge is 2.17. The normalized spacial score (nSPS) is 11.4. The Morgan fingerprint density at radius 1 is 0.741 bits per heavy atom. The molecule has 0 aliphatic carbocycles. The van der Waals surface area contributed by atoms with Crippen LogP contribution in [0.4, 0.5) is 0 Å². The standard InChI is InChI=1S/C22H19ClN2O2/c23-19-13-11-16(12-14-19)20(25-22(27)18-9-5-2-6-10-18)15-24-21(26)17-7-3-1-4-8-17/h1-14,20H,15H2,(H,24,26)(H,25,27). The first-order chi connectivity index (χ1) is 13.1. The van der Waals surface area contributed by atoms with E-state index in [-0.39, 0.29) is 24.4 Å². The second-order valence-corrected chi connectivity index (χ2v) is 6.46. The molecule has 3 aromatic rings. The first-order valence-electron chi connectivity index (χ1n) is 8.58. The van der Waals surface area contributed by atoms with E-state index in [0.29, 0.717) is 16.1 Å². The van der Waals surface area contributed by atoms with Crippen molar-refractivity contribution in [3.05, 3.63) is 107 Å². The molecule has 0 aliphatic heterocycles. The predicted octanol–water partition coefficient (Wildman–Crippen LogP) is 4.24. The van der Waals surface area contributed by atoms with Gasteiger partial charge in [-0.15, -0.1) is 0 Å². The summed E-state index contributed by atoms with van der Waals surface area (Å²) in [5.41, 5.74) is 1.99. The second-order valence-electron chi connectivity index (χ2n) is 6.02. The number of hydrogen-bond acceptors (Lipinski definition) is 2. The summed E-state index contributed by atoms with van der Waals surface area (Å²) in [6.45, 7) is 0.258. The fourth-order valence-electron chi connectivity index (χ4n) is 2.66. The molecule has 4 nitrogen and oxygen atoms in total. The van der Waals surface area contributed by atoms with Gasteiger partial charge in [-0.3, -0.25) is 9.59 Å². The zero-order chi connectivity index (χ0) is 19.1. The summed E-state index contributed by atoms with van der Waals surface area (Å²) >= 11 is 5.97. The highest BCUT2D eigenvalue weighted by molar-refractivity contribution is 6.30. The minimum Gasteiger partial charge on any atom is -0.350 e. The molecule has 3 aromatic carbocycles. The maximum atomic E-state index is 12.6. The van der Waals surface area contributed by atoms with Crippen molar-refractivity contribution in [2.24, 2.45) is 0 Å². The van der Waals surface area contributed by atoms with Crippen molar-refractivity contribution in [3.63, 3.8) is 0 Å². The van der Waals surface area contributed by atoms with Crippen molar-refractivity contribution >= 4 is 23.4 Å². The number of halogens is 1. The predicted molar refractivity (Wildman–Crippen MR) is 107 cm³/mol. The van der Waals surface area contributed by atoms with Crippen molar-refractivity contribution in [3.8, 4) is 0 Å². The molecule has 5 heteroatoms. The van der Waals surface area contributed by atoms with Crippen molar-refractivity contribution in [2.45, 2.75) is 6.04 Å². The van der Waals surface area contributed by atoms with Gasteiger partial charge in [0.2, 0.25) is 0 Å². The molecule has 3 rings (SSSR count). The molecule has 0 bridgehead atoms. The van der Waals surface area contributed by atoms with Gasteiger partial charge in [0.15, 0.2) is 0 Å². The molecular weight excluding hydrogens is 360 g/mol. The summed E-state index contributed by atoms with van der Waals surface area (Å²) in [6.07, 6.45) is 0. The molecule has 136 valence electrons. The highest BCUT2D eigenvalue weighted by atomic mass is 35.5. The molecule has 0 aliphatic rings. The third kappa shape index (κ3) is 5.19. The van der Waals surface area contributed by atoms with Gasteiger partial charge >= 0.3 is 0 Å². The smallest absolute Gasteiger partial charge is 0.251 e. The summed E-state index contributed by atoms with van der Waals surface area (Å²) in [6, 6.07) is 24.7. The average Bonchev–Trinajstić information content (AvgIpc) is 2.72. The molecule has 0 saturated heterocycles. The van der Waals surface area contributed by atoms with Gasteiger partial charge in [-0.2, -0.15) is 0 Å². The molecule has 2 amide bonds. The summed E-state index contributed by atoms with van der Waals surface area (Å²) in [5.74, 6) is -0.395. The Morgan fingerprint density at radius 3 is 1.81 bits per heavy atom. The lowest BCUT2D eigenvalue weighted by Gasteiger charge is -2.20. The average molecular weight is 379 g/mol. The van der Waals surface area contributed by atoms with Crippen LogP contribution in [0.2, 0.25) is 5.02 Å². The number of amides is 2. The van der Waals surface area contributed by atoms with Gasteiger partial charge in [0.1, 0.15) is 0 Å². The van der Waals surface area contributed by atoms with E-state index in [1.807, 2.05) is 48.5 Å². The van der Waals surface area contributed by atoms with Crippen LogP contribution in [0.15, 0.2) is 84.9 Å². The quantitative estimate of drug-likeness (QED) is 0.674. The first-order valence-corrected chi connectivity index (χ1v) is 8.96. The SMILES string of the molecule is O=C(NCC(NC(=O)c1ccccc1)c1ccc(Cl)cc1)c1ccccc1. The maximum Gasteiger partial charge on any atom is 0.251 e. The van der Waals surface area contributed by atoms with Crippen LogP contribution in [-0.4, -0.2) is 18.4 Å². The van der Waals surface area contributed by atoms with Crippen LogP contribution in [0.3, 0.4) is 0 Å². The van der Waals surface area contributed by atoms with Crippen molar-refractivity contribution in [1.29, 1.82) is 0 Å². The fraction of sp³-hybridized carbons (Fsp3) is 0.0909. The van der Waals surface area contributed by atoms with Crippen LogP contribution < -0.4 is 10.6 Å². The minimum atomic E-state index is -0.386. The molecule has 2 N–H and O–H groups in total. The van der Waals surface area contributed by atoms with E-state index in [1.54, 1.807) is 36.4 Å². The highest BCUT2D eigenvalue weighted by Crippen LogP contribution is 2.17. The molecule has 0 spiro atoms. The summed E-state index contributed by atoms with van der Waals surface area (Å²) in [7, 11) is 0. The van der Waals surface area contributed by atoms with Gasteiger partial charge in [0.05, 0.1) is 6.04 Å². The Morgan fingerprint density at radius 2 is 1.26 bits per heavy atom. The van der Waals surface area contributed by atoms with Gasteiger partial charge in [0.25, 0.3) is 11.8 Å². The van der Waals surface area contributed by atoms with Crippen LogP contribution in [-0.2, 0) is 0 Å². The van der Waals surface area contributed by atoms with Crippen molar-refractivity contribution < 1.29 is 9.59 Å². The molecular formula is C22H19ClN2O2. The monoisotopic (exact) mass is 378 g/mol. The lowest BCUT2D eigenvalue weighted by molar-refractivity contribution is 0.0908. The van der Waals surface area contributed by atoms with Crippen LogP contribution in [0.25, 0.3) is 0 Å². The number of nitrogens with one attached hydrogen (secondary N) is 2. The van der Waals surface area contributed by atoms with Crippen LogP contribution in [0.5, 0.6) is 0 Å². The number of carbonyl (C=O) groups excluding carboxylic acids is 2. The van der Waals surface area contributed by atoms with Crippen molar-refractivity contribution in [1.82, 2.24) is 10.6 Å². The van der Waals surface area contributed by atoms with Crippen LogP contribution in [0.1, 0.15) is 32.3 Å². The molecule has 0 aromatic heterocycles. The van der Waals surface area contributed by atoms with E-state index in [0.717, 1.165) is 5.56 Å². The van der Waals surface area contributed by atoms with E-state index >= 15 is 0 Å². The second kappa shape index (κ2) is 9.01. The number of rotatable bonds is 6. The van der Waals surface area contributed by atoms with Gasteiger partial charge in [-0.1, -0.05) is 60.1 Å². The lowest BCUT2D eigenvalue weighted by Crippen LogP contribution is -2.37. The molecule has 0 saturated carbocycles. The zero-order valence-corrected chi connectivity index (χ0v) is 15.3. The van der Waals surface area contributed by atoms with E-state index in [9.17, 15) is 9.59 Å². The molecule has 0 heterocycles. The Labute approximate surface area is 163 Å². The Kier molecular flexibility index (Phi) is 6.23. The fourth-order valence-corrected chi connectivity index (χ4v) is 2.79. The first kappa shape index (κ1) is 18.7. The summed E-state index contributed by atoms with van der Waals surface area (Å²) < 4.78 is 0. The van der Waals surface area contributed by atoms with E-state index in [2.05, 4.69) is 10.6 Å². The number of hydrogen-bond donors (Lipinski definition) is 2. The van der Waals surface area contributed by atoms with Gasteiger partial charge in [-0.05, 0) is 42.0 Å². The molecule has 0 radical (unpaired) electrons. The van der Waals surface area contributed by atoms with E-state index < -0.39 is 0 Å². The zero-order valence-electron chi connectivity index (χ0n) is 14.6. The van der Waals surface area contributed by atoms with Gasteiger partial charge in [0, 0.05) is 22.7 Å². The van der Waals surface area contributed by atoms with Crippen LogP contribution >= 0.6 is 11.6 Å². The lowest BCUT2D eigenvalue weighted by atomic mass is 10.1. The van der Waals surface area contributed by atoms with E-state index in [4.69, 9.17) is 11.6 Å². The largest absolute Gasteiger partial charge is 0.350 e. The van der Waals surface area contributed by atoms with E-state index in [1.165, 1.54) is 0 Å². The topological polar surface area (TPSA) is 58.2 Å². The third-order valence-corrected chi connectivity index (χ3v) is 4.37. The Hall–Kier alpha value is -3.11. The Balaban J connectivity index is 1.74. The molecule has 1 atom stereocenters. The minimum absolute atomic E-state index is 0.191. The third-order valence-electron chi connectivity index (χ3n) is 4.12. The van der Waals surface area contributed by atoms with Gasteiger partial charge < -0.3 is 10.6 Å². The molecule has 1 unspecified atom stereocenters. The van der Waals surface area contributed by atoms with Crippen LogP contribution in [0, 0.1) is 0 Å². The Bertz CT molecular complexity index is 897. The van der Waals surface area contributed by atoms with Crippen molar-refractivity contribution in [2.75, 3.05) is 6.54 Å². The number of carbonyl (C=O) groups is 2.